The fourth-order valence-corrected chi connectivity index (χ4v) is 5.37. The molecule has 1 saturated heterocycles. The molecule has 1 fully saturated rings. The van der Waals surface area contributed by atoms with Crippen LogP contribution in [0.2, 0.25) is 0 Å². The van der Waals surface area contributed by atoms with Gasteiger partial charge in [0.1, 0.15) is 17.4 Å². The lowest BCUT2D eigenvalue weighted by Crippen LogP contribution is -2.51. The number of fused-ring (bicyclic) bond motifs is 1. The van der Waals surface area contributed by atoms with Crippen LogP contribution in [0.5, 0.6) is 0 Å². The highest BCUT2D eigenvalue weighted by Gasteiger charge is 2.37. The molecule has 42 heavy (non-hydrogen) atoms. The van der Waals surface area contributed by atoms with E-state index in [9.17, 15) is 38.3 Å². The summed E-state index contributed by atoms with van der Waals surface area (Å²) in [7, 11) is -4.98. The Morgan fingerprint density at radius 1 is 1.14 bits per heavy atom. The van der Waals surface area contributed by atoms with Gasteiger partial charge in [-0.3, -0.25) is 28.5 Å². The van der Waals surface area contributed by atoms with Gasteiger partial charge in [-0.15, -0.1) is 0 Å². The standard InChI is InChI=1S/C28H38N5O8P/c1-15(2)12-22(27(37)33-11-5-6-23(33)26(36)31-19(16(3)4)9-10-24(29)34)32-25(35)21-14-18-13-17(7-8-20(18)30-21)28(38)42(39,40)41/h7-8,13-16,19,23,30H,5-6,9-12H2,1-4H3,(H2,29,34)(H,31,36)(H2,39,40,41)/t19-,23-/m0/s1. The SMILES string of the molecule is CC(C)CC(=NC(=O)c1cc2cc(C(=O)P(=O)(O)O)ccc2[nH]1)C(=O)N1CCC[C@H]1C(=O)N[C@@H](CCC(N)=O)C(C)C. The van der Waals surface area contributed by atoms with Crippen LogP contribution in [-0.4, -0.2) is 73.2 Å². The van der Waals surface area contributed by atoms with E-state index in [0.29, 0.717) is 36.7 Å². The van der Waals surface area contributed by atoms with E-state index in [0.717, 1.165) is 0 Å². The van der Waals surface area contributed by atoms with Crippen LogP contribution in [0.1, 0.15) is 80.6 Å². The number of carbonyl (C=O) groups excluding carboxylic acids is 5. The first kappa shape index (κ1) is 32.8. The van der Waals surface area contributed by atoms with Crippen LogP contribution in [0.15, 0.2) is 29.3 Å². The number of likely N-dealkylation sites (tertiary alicyclic amines) is 1. The zero-order valence-electron chi connectivity index (χ0n) is 24.1. The number of nitrogens with one attached hydrogen (secondary N) is 2. The number of nitrogens with two attached hydrogens (primary N) is 1. The Kier molecular flexibility index (Phi) is 10.6. The summed E-state index contributed by atoms with van der Waals surface area (Å²) in [6, 6.07) is 4.25. The van der Waals surface area contributed by atoms with E-state index in [-0.39, 0.29) is 53.6 Å². The third-order valence-corrected chi connectivity index (χ3v) is 7.89. The molecule has 0 radical (unpaired) electrons. The Labute approximate surface area is 243 Å². The average molecular weight is 604 g/mol. The molecule has 2 atom stereocenters. The second kappa shape index (κ2) is 13.5. The van der Waals surface area contributed by atoms with Crippen molar-refractivity contribution < 1.29 is 38.3 Å². The van der Waals surface area contributed by atoms with Gasteiger partial charge in [-0.2, -0.15) is 0 Å². The highest BCUT2D eigenvalue weighted by molar-refractivity contribution is 7.70. The van der Waals surface area contributed by atoms with E-state index in [4.69, 9.17) is 5.73 Å². The van der Waals surface area contributed by atoms with E-state index in [1.807, 2.05) is 27.7 Å². The quantitative estimate of drug-likeness (QED) is 0.179. The Bertz CT molecular complexity index is 1460. The summed E-state index contributed by atoms with van der Waals surface area (Å²) in [5, 5.41) is 3.31. The molecule has 6 N–H and O–H groups in total. The number of nitrogens with zero attached hydrogens (tertiary/aromatic N) is 2. The third-order valence-electron chi connectivity index (χ3n) is 7.10. The molecular formula is C28H38N5O8P. The lowest BCUT2D eigenvalue weighted by Gasteiger charge is -2.28. The molecule has 0 unspecified atom stereocenters. The number of carbonyl (C=O) groups is 5. The highest BCUT2D eigenvalue weighted by Crippen LogP contribution is 2.39. The first-order valence-electron chi connectivity index (χ1n) is 13.8. The van der Waals surface area contributed by atoms with Crippen molar-refractivity contribution in [1.29, 1.82) is 0 Å². The van der Waals surface area contributed by atoms with Gasteiger partial charge in [0.15, 0.2) is 0 Å². The molecule has 2 aromatic rings. The number of hydrogen-bond acceptors (Lipinski definition) is 6. The van der Waals surface area contributed by atoms with Gasteiger partial charge in [0.25, 0.3) is 17.3 Å². The molecule has 0 bridgehead atoms. The lowest BCUT2D eigenvalue weighted by atomic mass is 9.98. The van der Waals surface area contributed by atoms with Gasteiger partial charge in [0, 0.05) is 35.5 Å². The number of rotatable bonds is 12. The molecule has 1 aliphatic heterocycles. The monoisotopic (exact) mass is 603 g/mol. The number of H-pyrrole nitrogens is 1. The molecule has 1 aromatic carbocycles. The second-order valence-corrected chi connectivity index (χ2v) is 12.8. The number of aromatic amines is 1. The second-order valence-electron chi connectivity index (χ2n) is 11.3. The van der Waals surface area contributed by atoms with E-state index in [1.54, 1.807) is 0 Å². The molecule has 0 spiro atoms. The normalized spacial score (nSPS) is 16.7. The summed E-state index contributed by atoms with van der Waals surface area (Å²) in [4.78, 5) is 90.1. The van der Waals surface area contributed by atoms with Crippen molar-refractivity contribution in [2.24, 2.45) is 22.6 Å². The number of benzene rings is 1. The summed E-state index contributed by atoms with van der Waals surface area (Å²) in [6.45, 7) is 7.90. The molecular weight excluding hydrogens is 565 g/mol. The summed E-state index contributed by atoms with van der Waals surface area (Å²) < 4.78 is 11.4. The number of hydrogen-bond donors (Lipinski definition) is 5. The Morgan fingerprint density at radius 3 is 2.43 bits per heavy atom. The molecule has 0 saturated carbocycles. The maximum absolute atomic E-state index is 13.7. The van der Waals surface area contributed by atoms with Crippen LogP contribution in [-0.2, 0) is 18.9 Å². The van der Waals surface area contributed by atoms with E-state index < -0.39 is 36.9 Å². The van der Waals surface area contributed by atoms with Crippen molar-refractivity contribution in [2.75, 3.05) is 6.54 Å². The smallest absolute Gasteiger partial charge is 0.370 e. The van der Waals surface area contributed by atoms with Crippen molar-refractivity contribution in [3.8, 4) is 0 Å². The Balaban J connectivity index is 1.84. The third kappa shape index (κ3) is 8.21. The summed E-state index contributed by atoms with van der Waals surface area (Å²) in [5.74, 6) is -2.05. The number of aromatic nitrogens is 1. The lowest BCUT2D eigenvalue weighted by molar-refractivity contribution is -0.134. The average Bonchev–Trinajstić information content (AvgIpc) is 3.55. The van der Waals surface area contributed by atoms with Crippen molar-refractivity contribution in [3.05, 3.63) is 35.5 Å². The van der Waals surface area contributed by atoms with Crippen molar-refractivity contribution in [3.63, 3.8) is 0 Å². The van der Waals surface area contributed by atoms with Crippen molar-refractivity contribution in [2.45, 2.75) is 71.9 Å². The molecule has 4 amide bonds. The van der Waals surface area contributed by atoms with Crippen LogP contribution in [0.4, 0.5) is 0 Å². The summed E-state index contributed by atoms with van der Waals surface area (Å²) in [5.41, 5.74) is 4.18. The molecule has 3 rings (SSSR count). The molecule has 1 aromatic heterocycles. The highest BCUT2D eigenvalue weighted by atomic mass is 31.2. The van der Waals surface area contributed by atoms with Gasteiger partial charge in [-0.05, 0) is 61.8 Å². The van der Waals surface area contributed by atoms with E-state index in [1.165, 1.54) is 29.2 Å². The predicted octanol–water partition coefficient (Wildman–Crippen LogP) is 2.51. The van der Waals surface area contributed by atoms with Crippen LogP contribution >= 0.6 is 7.60 Å². The maximum atomic E-state index is 13.7. The van der Waals surface area contributed by atoms with Crippen molar-refractivity contribution in [1.82, 2.24) is 15.2 Å². The van der Waals surface area contributed by atoms with Crippen LogP contribution in [0.25, 0.3) is 10.9 Å². The first-order chi connectivity index (χ1) is 19.6. The molecule has 228 valence electrons. The number of primary amides is 1. The largest absolute Gasteiger partial charge is 0.396 e. The molecule has 0 aliphatic carbocycles. The van der Waals surface area contributed by atoms with Gasteiger partial charge in [0.05, 0.1) is 0 Å². The van der Waals surface area contributed by atoms with Crippen LogP contribution in [0.3, 0.4) is 0 Å². The van der Waals surface area contributed by atoms with E-state index in [2.05, 4.69) is 15.3 Å². The maximum Gasteiger partial charge on any atom is 0.396 e. The van der Waals surface area contributed by atoms with Gasteiger partial charge in [-0.1, -0.05) is 27.7 Å². The first-order valence-corrected chi connectivity index (χ1v) is 15.4. The minimum Gasteiger partial charge on any atom is -0.370 e. The predicted molar refractivity (Wildman–Crippen MR) is 156 cm³/mol. The minimum absolute atomic E-state index is 0.000129. The van der Waals surface area contributed by atoms with Crippen LogP contribution < -0.4 is 11.1 Å². The van der Waals surface area contributed by atoms with Gasteiger partial charge < -0.3 is 30.7 Å². The van der Waals surface area contributed by atoms with Gasteiger partial charge in [-0.25, -0.2) is 4.99 Å². The minimum atomic E-state index is -4.98. The fourth-order valence-electron chi connectivity index (χ4n) is 4.90. The molecule has 14 heteroatoms. The van der Waals surface area contributed by atoms with Gasteiger partial charge in [0.2, 0.25) is 11.8 Å². The fraction of sp³-hybridized carbons (Fsp3) is 0.500. The number of aliphatic imine (C=N–C) groups is 1. The van der Waals surface area contributed by atoms with Gasteiger partial charge >= 0.3 is 7.60 Å². The number of amides is 4. The summed E-state index contributed by atoms with van der Waals surface area (Å²) >= 11 is 0. The Morgan fingerprint density at radius 2 is 1.83 bits per heavy atom. The van der Waals surface area contributed by atoms with Crippen molar-refractivity contribution >= 4 is 53.4 Å². The van der Waals surface area contributed by atoms with Crippen LogP contribution in [0, 0.1) is 11.8 Å². The summed E-state index contributed by atoms with van der Waals surface area (Å²) in [6.07, 6.45) is 1.73. The molecule has 1 aliphatic rings. The zero-order valence-corrected chi connectivity index (χ0v) is 25.0. The topological polar surface area (TPSA) is 212 Å². The zero-order chi connectivity index (χ0) is 31.4. The van der Waals surface area contributed by atoms with E-state index >= 15 is 0 Å². The molecule has 13 nitrogen and oxygen atoms in total. The Hall–Kier alpha value is -3.67. The molecule has 2 heterocycles.